The number of carbonyl (C=O) groups is 1. The van der Waals surface area contributed by atoms with Gasteiger partial charge in [-0.05, 0) is 53.6 Å². The van der Waals surface area contributed by atoms with E-state index in [0.29, 0.717) is 24.7 Å². The number of benzene rings is 3. The number of carboxylic acid groups (broad SMARTS) is 1. The highest BCUT2D eigenvalue weighted by Gasteiger charge is 2.06. The number of ether oxygens (including phenoxy) is 1. The zero-order valence-electron chi connectivity index (χ0n) is 15.4. The molecular formula is C22H20BrCl2NO3. The van der Waals surface area contributed by atoms with Crippen LogP contribution in [-0.2, 0) is 19.7 Å². The van der Waals surface area contributed by atoms with Crippen molar-refractivity contribution in [2.45, 2.75) is 19.7 Å². The summed E-state index contributed by atoms with van der Waals surface area (Å²) >= 11 is 9.42. The molecule has 0 fully saturated rings. The Morgan fingerprint density at radius 2 is 1.62 bits per heavy atom. The van der Waals surface area contributed by atoms with Gasteiger partial charge in [0.25, 0.3) is 0 Å². The molecule has 2 N–H and O–H groups in total. The summed E-state index contributed by atoms with van der Waals surface area (Å²) in [6, 6.07) is 20.4. The maximum Gasteiger partial charge on any atom is 0.335 e. The van der Waals surface area contributed by atoms with E-state index in [0.717, 1.165) is 26.9 Å². The van der Waals surface area contributed by atoms with Crippen LogP contribution in [0, 0.1) is 0 Å². The summed E-state index contributed by atoms with van der Waals surface area (Å²) < 4.78 is 6.97. The van der Waals surface area contributed by atoms with Crippen molar-refractivity contribution >= 4 is 45.9 Å². The summed E-state index contributed by atoms with van der Waals surface area (Å²) in [5.41, 5.74) is 3.38. The first kappa shape index (κ1) is 23.2. The lowest BCUT2D eigenvalue weighted by Crippen LogP contribution is -2.14. The van der Waals surface area contributed by atoms with E-state index in [1.165, 1.54) is 0 Å². The first-order chi connectivity index (χ1) is 13.5. The molecule has 0 aromatic heterocycles. The van der Waals surface area contributed by atoms with Crippen LogP contribution >= 0.6 is 39.9 Å². The molecule has 0 saturated carbocycles. The van der Waals surface area contributed by atoms with Gasteiger partial charge in [-0.2, -0.15) is 0 Å². The smallest absolute Gasteiger partial charge is 0.335 e. The normalized spacial score (nSPS) is 10.3. The van der Waals surface area contributed by atoms with Crippen molar-refractivity contribution < 1.29 is 14.6 Å². The highest BCUT2D eigenvalue weighted by molar-refractivity contribution is 9.10. The SMILES string of the molecule is Cl.O=C(O)c1ccc(CNCc2cc(Br)ccc2OCc2ccc(Cl)cc2)cc1. The fourth-order valence-corrected chi connectivity index (χ4v) is 3.21. The van der Waals surface area contributed by atoms with Gasteiger partial charge in [0, 0.05) is 28.1 Å². The summed E-state index contributed by atoms with van der Waals surface area (Å²) in [4.78, 5) is 10.9. The standard InChI is InChI=1S/C22H19BrClNO3.ClH/c23-19-7-10-21(28-14-16-3-8-20(24)9-4-16)18(11-19)13-25-12-15-1-5-17(6-2-15)22(26)27;/h1-11,25H,12-14H2,(H,26,27);1H. The summed E-state index contributed by atoms with van der Waals surface area (Å²) in [6.07, 6.45) is 0. The Hall–Kier alpha value is -2.05. The first-order valence-electron chi connectivity index (χ1n) is 8.70. The molecule has 0 spiro atoms. The number of hydrogen-bond donors (Lipinski definition) is 2. The second-order valence-electron chi connectivity index (χ2n) is 6.27. The Balaban J connectivity index is 0.00000300. The van der Waals surface area contributed by atoms with Gasteiger partial charge in [0.1, 0.15) is 12.4 Å². The second kappa shape index (κ2) is 11.2. The maximum absolute atomic E-state index is 10.9. The Bertz CT molecular complexity index is 947. The van der Waals surface area contributed by atoms with Gasteiger partial charge in [-0.25, -0.2) is 4.79 Å². The molecule has 3 aromatic carbocycles. The fourth-order valence-electron chi connectivity index (χ4n) is 2.68. The molecule has 0 amide bonds. The van der Waals surface area contributed by atoms with Crippen molar-refractivity contribution in [3.05, 3.63) is 98.5 Å². The molecule has 3 aromatic rings. The average molecular weight is 497 g/mol. The van der Waals surface area contributed by atoms with Crippen LogP contribution in [0.1, 0.15) is 27.0 Å². The van der Waals surface area contributed by atoms with Gasteiger partial charge in [0.05, 0.1) is 5.56 Å². The van der Waals surface area contributed by atoms with E-state index in [1.807, 2.05) is 54.6 Å². The van der Waals surface area contributed by atoms with Crippen molar-refractivity contribution in [2.24, 2.45) is 0 Å². The van der Waals surface area contributed by atoms with Crippen LogP contribution in [0.25, 0.3) is 0 Å². The Kier molecular flexibility index (Phi) is 8.99. The van der Waals surface area contributed by atoms with Crippen molar-refractivity contribution in [3.8, 4) is 5.75 Å². The molecule has 0 aliphatic carbocycles. The number of nitrogens with one attached hydrogen (secondary N) is 1. The average Bonchev–Trinajstić information content (AvgIpc) is 2.69. The number of aromatic carboxylic acids is 1. The van der Waals surface area contributed by atoms with Gasteiger partial charge < -0.3 is 15.2 Å². The van der Waals surface area contributed by atoms with Crippen molar-refractivity contribution in [2.75, 3.05) is 0 Å². The molecule has 0 radical (unpaired) electrons. The van der Waals surface area contributed by atoms with E-state index in [4.69, 9.17) is 21.4 Å². The fraction of sp³-hybridized carbons (Fsp3) is 0.136. The molecule has 0 aliphatic heterocycles. The minimum Gasteiger partial charge on any atom is -0.489 e. The molecule has 0 atom stereocenters. The first-order valence-corrected chi connectivity index (χ1v) is 9.87. The predicted octanol–water partition coefficient (Wildman–Crippen LogP) is 6.09. The molecule has 0 aliphatic rings. The van der Waals surface area contributed by atoms with E-state index >= 15 is 0 Å². The van der Waals surface area contributed by atoms with E-state index in [2.05, 4.69) is 21.2 Å². The highest BCUT2D eigenvalue weighted by Crippen LogP contribution is 2.24. The minimum absolute atomic E-state index is 0. The van der Waals surface area contributed by atoms with Gasteiger partial charge in [-0.3, -0.25) is 0 Å². The Labute approximate surface area is 189 Å². The van der Waals surface area contributed by atoms with Crippen LogP contribution < -0.4 is 10.1 Å². The van der Waals surface area contributed by atoms with Gasteiger partial charge in [-0.1, -0.05) is 51.8 Å². The predicted molar refractivity (Wildman–Crippen MR) is 121 cm³/mol. The van der Waals surface area contributed by atoms with E-state index in [9.17, 15) is 4.79 Å². The Morgan fingerprint density at radius 3 is 2.28 bits per heavy atom. The number of halogens is 3. The zero-order chi connectivity index (χ0) is 19.9. The molecule has 29 heavy (non-hydrogen) atoms. The molecule has 0 heterocycles. The van der Waals surface area contributed by atoms with Gasteiger partial charge in [-0.15, -0.1) is 12.4 Å². The summed E-state index contributed by atoms with van der Waals surface area (Å²) in [5.74, 6) is -0.108. The van der Waals surface area contributed by atoms with Crippen molar-refractivity contribution in [3.63, 3.8) is 0 Å². The van der Waals surface area contributed by atoms with Crippen LogP contribution in [-0.4, -0.2) is 11.1 Å². The van der Waals surface area contributed by atoms with Crippen molar-refractivity contribution in [1.82, 2.24) is 5.32 Å². The highest BCUT2D eigenvalue weighted by atomic mass is 79.9. The summed E-state index contributed by atoms with van der Waals surface area (Å²) in [6.45, 7) is 1.71. The molecule has 7 heteroatoms. The van der Waals surface area contributed by atoms with E-state index in [1.54, 1.807) is 12.1 Å². The topological polar surface area (TPSA) is 58.6 Å². The van der Waals surface area contributed by atoms with E-state index < -0.39 is 5.97 Å². The lowest BCUT2D eigenvalue weighted by molar-refractivity contribution is 0.0697. The molecule has 4 nitrogen and oxygen atoms in total. The van der Waals surface area contributed by atoms with Crippen LogP contribution in [0.2, 0.25) is 5.02 Å². The van der Waals surface area contributed by atoms with Crippen molar-refractivity contribution in [1.29, 1.82) is 0 Å². The maximum atomic E-state index is 10.9. The molecule has 0 saturated heterocycles. The van der Waals surface area contributed by atoms with Gasteiger partial charge >= 0.3 is 5.97 Å². The third-order valence-corrected chi connectivity index (χ3v) is 4.92. The van der Waals surface area contributed by atoms with Crippen LogP contribution in [0.4, 0.5) is 0 Å². The molecule has 152 valence electrons. The van der Waals surface area contributed by atoms with Crippen LogP contribution in [0.15, 0.2) is 71.2 Å². The van der Waals surface area contributed by atoms with Gasteiger partial charge in [0.15, 0.2) is 0 Å². The van der Waals surface area contributed by atoms with Crippen LogP contribution in [0.3, 0.4) is 0 Å². The van der Waals surface area contributed by atoms with Gasteiger partial charge in [0.2, 0.25) is 0 Å². The monoisotopic (exact) mass is 495 g/mol. The molecule has 0 bridgehead atoms. The largest absolute Gasteiger partial charge is 0.489 e. The number of carboxylic acids is 1. The second-order valence-corrected chi connectivity index (χ2v) is 7.62. The molecule has 0 unspecified atom stereocenters. The summed E-state index contributed by atoms with van der Waals surface area (Å²) in [5, 5.41) is 13.0. The van der Waals surface area contributed by atoms with E-state index in [-0.39, 0.29) is 18.0 Å². The lowest BCUT2D eigenvalue weighted by Gasteiger charge is -2.13. The zero-order valence-corrected chi connectivity index (χ0v) is 18.6. The number of hydrogen-bond acceptors (Lipinski definition) is 3. The lowest BCUT2D eigenvalue weighted by atomic mass is 10.1. The third-order valence-electron chi connectivity index (χ3n) is 4.18. The minimum atomic E-state index is -0.920. The summed E-state index contributed by atoms with van der Waals surface area (Å²) in [7, 11) is 0. The number of rotatable bonds is 8. The van der Waals surface area contributed by atoms with Crippen LogP contribution in [0.5, 0.6) is 5.75 Å². The molecule has 3 rings (SSSR count). The third kappa shape index (κ3) is 7.05. The molecular weight excluding hydrogens is 477 g/mol. The Morgan fingerprint density at radius 1 is 0.966 bits per heavy atom. The quantitative estimate of drug-likeness (QED) is 0.396.